The lowest BCUT2D eigenvalue weighted by Gasteiger charge is -2.08. The van der Waals surface area contributed by atoms with Crippen LogP contribution in [0.3, 0.4) is 0 Å². The molecule has 0 unspecified atom stereocenters. The number of hydrogen-bond acceptors (Lipinski definition) is 4. The molecule has 104 valence electrons. The van der Waals surface area contributed by atoms with Gasteiger partial charge in [-0.2, -0.15) is 0 Å². The summed E-state index contributed by atoms with van der Waals surface area (Å²) < 4.78 is 11.6. The third-order valence-corrected chi connectivity index (χ3v) is 3.62. The third-order valence-electron chi connectivity index (χ3n) is 2.88. The molecule has 0 atom stereocenters. The van der Waals surface area contributed by atoms with Crippen LogP contribution >= 0.6 is 15.9 Å². The predicted octanol–water partition coefficient (Wildman–Crippen LogP) is 1.92. The van der Waals surface area contributed by atoms with Crippen LogP contribution in [0.25, 0.3) is 0 Å². The lowest BCUT2D eigenvalue weighted by atomic mass is 10.2. The smallest absolute Gasteiger partial charge is 0.231 e. The van der Waals surface area contributed by atoms with Crippen molar-refractivity contribution in [2.24, 2.45) is 5.73 Å². The van der Waals surface area contributed by atoms with Crippen molar-refractivity contribution in [2.45, 2.75) is 25.8 Å². The van der Waals surface area contributed by atoms with Gasteiger partial charge >= 0.3 is 0 Å². The highest BCUT2D eigenvalue weighted by Crippen LogP contribution is 2.36. The molecular weight excluding hydrogens is 312 g/mol. The van der Waals surface area contributed by atoms with Crippen molar-refractivity contribution >= 4 is 21.8 Å². The van der Waals surface area contributed by atoms with Gasteiger partial charge in [0.25, 0.3) is 0 Å². The molecule has 1 aromatic carbocycles. The molecule has 19 heavy (non-hydrogen) atoms. The molecule has 6 heteroatoms. The number of amides is 1. The van der Waals surface area contributed by atoms with Crippen molar-refractivity contribution in [3.05, 3.63) is 22.2 Å². The second-order valence-corrected chi connectivity index (χ2v) is 5.25. The fourth-order valence-corrected chi connectivity index (χ4v) is 2.33. The van der Waals surface area contributed by atoms with E-state index in [1.807, 2.05) is 12.1 Å². The Balaban J connectivity index is 1.75. The number of hydrogen-bond donors (Lipinski definition) is 2. The molecule has 3 N–H and O–H groups in total. The van der Waals surface area contributed by atoms with Crippen molar-refractivity contribution in [3.63, 3.8) is 0 Å². The van der Waals surface area contributed by atoms with E-state index in [9.17, 15) is 4.79 Å². The van der Waals surface area contributed by atoms with Crippen LogP contribution in [-0.2, 0) is 11.3 Å². The largest absolute Gasteiger partial charge is 0.454 e. The molecular formula is C13H17BrN2O3. The number of rotatable bonds is 7. The maximum absolute atomic E-state index is 10.6. The topological polar surface area (TPSA) is 73.6 Å². The Morgan fingerprint density at radius 2 is 2.05 bits per heavy atom. The SMILES string of the molecule is NC(=O)CCCCNCc1cc2c(cc1Br)OCO2. The maximum atomic E-state index is 10.6. The van der Waals surface area contributed by atoms with Gasteiger partial charge in [-0.3, -0.25) is 4.79 Å². The van der Waals surface area contributed by atoms with E-state index in [2.05, 4.69) is 21.2 Å². The molecule has 0 saturated heterocycles. The molecule has 1 aliphatic heterocycles. The quantitative estimate of drug-likeness (QED) is 0.750. The number of fused-ring (bicyclic) bond motifs is 1. The van der Waals surface area contributed by atoms with Crippen LogP contribution in [0.15, 0.2) is 16.6 Å². The summed E-state index contributed by atoms with van der Waals surface area (Å²) in [6.45, 7) is 1.88. The van der Waals surface area contributed by atoms with Crippen molar-refractivity contribution in [1.29, 1.82) is 0 Å². The monoisotopic (exact) mass is 328 g/mol. The van der Waals surface area contributed by atoms with Gasteiger partial charge in [-0.05, 0) is 37.1 Å². The van der Waals surface area contributed by atoms with Crippen molar-refractivity contribution < 1.29 is 14.3 Å². The summed E-state index contributed by atoms with van der Waals surface area (Å²) >= 11 is 3.52. The zero-order valence-corrected chi connectivity index (χ0v) is 12.2. The van der Waals surface area contributed by atoms with Gasteiger partial charge in [-0.25, -0.2) is 0 Å². The number of carbonyl (C=O) groups is 1. The highest BCUT2D eigenvalue weighted by Gasteiger charge is 2.15. The van der Waals surface area contributed by atoms with Crippen LogP contribution in [0, 0.1) is 0 Å². The molecule has 1 amide bonds. The Morgan fingerprint density at radius 1 is 1.32 bits per heavy atom. The number of halogens is 1. The zero-order chi connectivity index (χ0) is 13.7. The minimum Gasteiger partial charge on any atom is -0.454 e. The van der Waals surface area contributed by atoms with Crippen LogP contribution in [0.4, 0.5) is 0 Å². The average molecular weight is 329 g/mol. The minimum absolute atomic E-state index is 0.237. The average Bonchev–Trinajstić information content (AvgIpc) is 2.80. The van der Waals surface area contributed by atoms with Crippen LogP contribution in [0.2, 0.25) is 0 Å². The van der Waals surface area contributed by atoms with Gasteiger partial charge in [0.15, 0.2) is 11.5 Å². The van der Waals surface area contributed by atoms with Gasteiger partial charge in [-0.1, -0.05) is 15.9 Å². The standard InChI is InChI=1S/C13H17BrN2O3/c14-10-6-12-11(18-8-19-12)5-9(10)7-16-4-2-1-3-13(15)17/h5-6,16H,1-4,7-8H2,(H2,15,17). The zero-order valence-electron chi connectivity index (χ0n) is 10.6. The van der Waals surface area contributed by atoms with Gasteiger partial charge in [0, 0.05) is 17.4 Å². The van der Waals surface area contributed by atoms with Crippen LogP contribution in [0.1, 0.15) is 24.8 Å². The Hall–Kier alpha value is -1.27. The number of unbranched alkanes of at least 4 members (excludes halogenated alkanes) is 1. The number of carbonyl (C=O) groups excluding carboxylic acids is 1. The first-order valence-corrected chi connectivity index (χ1v) is 7.03. The lowest BCUT2D eigenvalue weighted by molar-refractivity contribution is -0.118. The Morgan fingerprint density at radius 3 is 2.79 bits per heavy atom. The van der Waals surface area contributed by atoms with Gasteiger partial charge < -0.3 is 20.5 Å². The number of benzene rings is 1. The molecule has 0 spiro atoms. The van der Waals surface area contributed by atoms with E-state index in [1.54, 1.807) is 0 Å². The van der Waals surface area contributed by atoms with Crippen LogP contribution < -0.4 is 20.5 Å². The summed E-state index contributed by atoms with van der Waals surface area (Å²) in [5.41, 5.74) is 6.20. The second kappa shape index (κ2) is 6.77. The highest BCUT2D eigenvalue weighted by molar-refractivity contribution is 9.10. The van der Waals surface area contributed by atoms with E-state index in [0.717, 1.165) is 47.5 Å². The normalized spacial score (nSPS) is 12.7. The number of nitrogens with one attached hydrogen (secondary N) is 1. The van der Waals surface area contributed by atoms with Gasteiger partial charge in [0.05, 0.1) is 0 Å². The fourth-order valence-electron chi connectivity index (χ4n) is 1.87. The summed E-state index contributed by atoms with van der Waals surface area (Å²) in [7, 11) is 0. The van der Waals surface area contributed by atoms with E-state index in [4.69, 9.17) is 15.2 Å². The number of nitrogens with two attached hydrogens (primary N) is 1. The summed E-state index contributed by atoms with van der Waals surface area (Å²) in [5, 5.41) is 3.33. The fraction of sp³-hybridized carbons (Fsp3) is 0.462. The van der Waals surface area contributed by atoms with E-state index in [1.165, 1.54) is 0 Å². The van der Waals surface area contributed by atoms with Gasteiger partial charge in [0.1, 0.15) is 0 Å². The minimum atomic E-state index is -0.237. The van der Waals surface area contributed by atoms with E-state index in [0.29, 0.717) is 6.42 Å². The first kappa shape index (κ1) is 14.1. The summed E-state index contributed by atoms with van der Waals surface area (Å²) in [6, 6.07) is 3.90. The molecule has 0 bridgehead atoms. The van der Waals surface area contributed by atoms with E-state index in [-0.39, 0.29) is 12.7 Å². The Labute approximate surface area is 120 Å². The Kier molecular flexibility index (Phi) is 5.04. The molecule has 0 aliphatic carbocycles. The Bertz CT molecular complexity index is 465. The molecule has 0 saturated carbocycles. The molecule has 0 fully saturated rings. The van der Waals surface area contributed by atoms with Crippen molar-refractivity contribution in [3.8, 4) is 11.5 Å². The number of primary amides is 1. The second-order valence-electron chi connectivity index (χ2n) is 4.40. The summed E-state index contributed by atoms with van der Waals surface area (Å²) in [4.78, 5) is 10.6. The van der Waals surface area contributed by atoms with Crippen LogP contribution in [-0.4, -0.2) is 19.2 Å². The summed E-state index contributed by atoms with van der Waals surface area (Å²) in [6.07, 6.45) is 2.21. The van der Waals surface area contributed by atoms with Crippen molar-refractivity contribution in [2.75, 3.05) is 13.3 Å². The van der Waals surface area contributed by atoms with Gasteiger partial charge in [-0.15, -0.1) is 0 Å². The molecule has 0 aromatic heterocycles. The molecule has 5 nitrogen and oxygen atoms in total. The van der Waals surface area contributed by atoms with E-state index < -0.39 is 0 Å². The van der Waals surface area contributed by atoms with Crippen molar-refractivity contribution in [1.82, 2.24) is 5.32 Å². The lowest BCUT2D eigenvalue weighted by Crippen LogP contribution is -2.16. The molecule has 2 rings (SSSR count). The first-order valence-electron chi connectivity index (χ1n) is 6.24. The molecule has 1 heterocycles. The third kappa shape index (κ3) is 4.11. The molecule has 1 aromatic rings. The molecule has 1 aliphatic rings. The molecule has 0 radical (unpaired) electrons. The predicted molar refractivity (Wildman–Crippen MR) is 75.0 cm³/mol. The van der Waals surface area contributed by atoms with E-state index >= 15 is 0 Å². The van der Waals surface area contributed by atoms with Crippen LogP contribution in [0.5, 0.6) is 11.5 Å². The maximum Gasteiger partial charge on any atom is 0.231 e. The highest BCUT2D eigenvalue weighted by atomic mass is 79.9. The summed E-state index contributed by atoms with van der Waals surface area (Å²) in [5.74, 6) is 1.32. The van der Waals surface area contributed by atoms with Gasteiger partial charge in [0.2, 0.25) is 12.7 Å². The number of ether oxygens (including phenoxy) is 2. The first-order chi connectivity index (χ1) is 9.16.